The topological polar surface area (TPSA) is 88.0 Å². The number of benzene rings is 2. The highest BCUT2D eigenvalue weighted by Crippen LogP contribution is 2.29. The zero-order valence-corrected chi connectivity index (χ0v) is 17.6. The number of ether oxygens (including phenoxy) is 1. The number of nitro groups is 1. The zero-order valence-electron chi connectivity index (χ0n) is 17.6. The van der Waals surface area contributed by atoms with Crippen LogP contribution in [0.2, 0.25) is 0 Å². The van der Waals surface area contributed by atoms with E-state index in [-0.39, 0.29) is 23.3 Å². The highest BCUT2D eigenvalue weighted by Gasteiger charge is 2.27. The van der Waals surface area contributed by atoms with Gasteiger partial charge in [-0.3, -0.25) is 24.7 Å². The Kier molecular flexibility index (Phi) is 7.02. The molecule has 0 saturated carbocycles. The third-order valence-electron chi connectivity index (χ3n) is 5.65. The van der Waals surface area contributed by atoms with Crippen molar-refractivity contribution in [3.05, 3.63) is 63.7 Å². The minimum absolute atomic E-state index is 0.177. The van der Waals surface area contributed by atoms with Crippen LogP contribution in [0.1, 0.15) is 18.1 Å². The van der Waals surface area contributed by atoms with E-state index < -0.39 is 4.92 Å². The van der Waals surface area contributed by atoms with Crippen LogP contribution in [0.4, 0.5) is 11.4 Å². The molecule has 1 saturated heterocycles. The molecule has 1 aliphatic rings. The molecule has 1 atom stereocenters. The number of carbonyl (C=O) groups is 1. The Hall–Kier alpha value is -2.97. The fourth-order valence-corrected chi connectivity index (χ4v) is 3.64. The quantitative estimate of drug-likeness (QED) is 0.556. The van der Waals surface area contributed by atoms with Crippen LogP contribution in [-0.4, -0.2) is 60.0 Å². The SMILES string of the molecule is COc1ccc(NC(=O)C(C)N2CCN(Cc3ccccc3C)CC2)c([N+](=O)[O-])c1. The molecule has 3 rings (SSSR count). The second-order valence-corrected chi connectivity index (χ2v) is 7.54. The van der Waals surface area contributed by atoms with Crippen LogP contribution in [0.15, 0.2) is 42.5 Å². The predicted molar refractivity (Wildman–Crippen MR) is 116 cm³/mol. The Morgan fingerprint density at radius 1 is 1.20 bits per heavy atom. The fraction of sp³-hybridized carbons (Fsp3) is 0.409. The van der Waals surface area contributed by atoms with Gasteiger partial charge in [0.25, 0.3) is 5.69 Å². The molecule has 1 amide bonds. The van der Waals surface area contributed by atoms with E-state index in [4.69, 9.17) is 4.74 Å². The number of piperazine rings is 1. The molecule has 0 bridgehead atoms. The molecule has 1 fully saturated rings. The Labute approximate surface area is 176 Å². The molecular formula is C22H28N4O4. The maximum absolute atomic E-state index is 12.7. The molecule has 160 valence electrons. The highest BCUT2D eigenvalue weighted by atomic mass is 16.6. The van der Waals surface area contributed by atoms with Crippen molar-refractivity contribution >= 4 is 17.3 Å². The average molecular weight is 412 g/mol. The van der Waals surface area contributed by atoms with Crippen molar-refractivity contribution in [2.24, 2.45) is 0 Å². The number of carbonyl (C=O) groups excluding carboxylic acids is 1. The van der Waals surface area contributed by atoms with E-state index >= 15 is 0 Å². The zero-order chi connectivity index (χ0) is 21.7. The smallest absolute Gasteiger partial charge is 0.296 e. The first-order valence-corrected chi connectivity index (χ1v) is 10.0. The number of nitro benzene ring substituents is 1. The molecule has 2 aromatic carbocycles. The first-order valence-electron chi connectivity index (χ1n) is 10.0. The summed E-state index contributed by atoms with van der Waals surface area (Å²) in [5.74, 6) is 0.119. The normalized spacial score (nSPS) is 16.1. The standard InChI is InChI=1S/C22H28N4O4/c1-16-6-4-5-7-18(16)15-24-10-12-25(13-11-24)17(2)22(27)23-20-9-8-19(30-3)14-21(20)26(28)29/h4-9,14,17H,10-13,15H2,1-3H3,(H,23,27). The van der Waals surface area contributed by atoms with Gasteiger partial charge < -0.3 is 10.1 Å². The number of anilines is 1. The van der Waals surface area contributed by atoms with E-state index in [2.05, 4.69) is 40.2 Å². The summed E-state index contributed by atoms with van der Waals surface area (Å²) in [4.78, 5) is 28.0. The van der Waals surface area contributed by atoms with Gasteiger partial charge in [0, 0.05) is 32.7 Å². The lowest BCUT2D eigenvalue weighted by molar-refractivity contribution is -0.384. The van der Waals surface area contributed by atoms with Crippen LogP contribution >= 0.6 is 0 Å². The van der Waals surface area contributed by atoms with Crippen LogP contribution in [0.25, 0.3) is 0 Å². The Balaban J connectivity index is 1.57. The molecule has 0 radical (unpaired) electrons. The summed E-state index contributed by atoms with van der Waals surface area (Å²) in [6.07, 6.45) is 0. The summed E-state index contributed by atoms with van der Waals surface area (Å²) in [5.41, 5.74) is 2.60. The number of rotatable bonds is 7. The van der Waals surface area contributed by atoms with Crippen LogP contribution in [-0.2, 0) is 11.3 Å². The molecule has 1 aliphatic heterocycles. The summed E-state index contributed by atoms with van der Waals surface area (Å²) in [6, 6.07) is 12.4. The van der Waals surface area contributed by atoms with Crippen LogP contribution in [0.5, 0.6) is 5.75 Å². The van der Waals surface area contributed by atoms with E-state index in [0.29, 0.717) is 5.75 Å². The van der Waals surface area contributed by atoms with Gasteiger partial charge in [-0.2, -0.15) is 0 Å². The second kappa shape index (κ2) is 9.69. The van der Waals surface area contributed by atoms with Gasteiger partial charge in [-0.15, -0.1) is 0 Å². The number of hydrogen-bond acceptors (Lipinski definition) is 6. The van der Waals surface area contributed by atoms with E-state index in [0.717, 1.165) is 32.7 Å². The van der Waals surface area contributed by atoms with Crippen LogP contribution in [0.3, 0.4) is 0 Å². The van der Waals surface area contributed by atoms with Gasteiger partial charge in [0.15, 0.2) is 0 Å². The van der Waals surface area contributed by atoms with Gasteiger partial charge in [0.2, 0.25) is 5.91 Å². The number of nitrogens with one attached hydrogen (secondary N) is 1. The van der Waals surface area contributed by atoms with E-state index in [1.165, 1.54) is 30.4 Å². The number of amides is 1. The molecule has 0 aromatic heterocycles. The van der Waals surface area contributed by atoms with Crippen molar-refractivity contribution in [3.63, 3.8) is 0 Å². The summed E-state index contributed by atoms with van der Waals surface area (Å²) in [6.45, 7) is 8.14. The van der Waals surface area contributed by atoms with Crippen molar-refractivity contribution in [1.29, 1.82) is 0 Å². The lowest BCUT2D eigenvalue weighted by atomic mass is 10.1. The molecule has 0 spiro atoms. The molecular weight excluding hydrogens is 384 g/mol. The predicted octanol–water partition coefficient (Wildman–Crippen LogP) is 3.06. The van der Waals surface area contributed by atoms with Gasteiger partial charge >= 0.3 is 0 Å². The maximum atomic E-state index is 12.7. The van der Waals surface area contributed by atoms with Gasteiger partial charge in [-0.05, 0) is 37.1 Å². The fourth-order valence-electron chi connectivity index (χ4n) is 3.64. The minimum atomic E-state index is -0.521. The molecule has 1 unspecified atom stereocenters. The van der Waals surface area contributed by atoms with Crippen molar-refractivity contribution in [3.8, 4) is 5.75 Å². The van der Waals surface area contributed by atoms with Gasteiger partial charge in [0.1, 0.15) is 11.4 Å². The maximum Gasteiger partial charge on any atom is 0.296 e. The van der Waals surface area contributed by atoms with Crippen molar-refractivity contribution in [2.45, 2.75) is 26.4 Å². The highest BCUT2D eigenvalue weighted by molar-refractivity contribution is 5.96. The largest absolute Gasteiger partial charge is 0.496 e. The Bertz CT molecular complexity index is 910. The number of methoxy groups -OCH3 is 1. The average Bonchev–Trinajstić information content (AvgIpc) is 2.75. The summed E-state index contributed by atoms with van der Waals surface area (Å²) < 4.78 is 5.04. The molecule has 30 heavy (non-hydrogen) atoms. The number of aryl methyl sites for hydroxylation is 1. The van der Waals surface area contributed by atoms with Gasteiger partial charge in [0.05, 0.1) is 24.1 Å². The third-order valence-corrected chi connectivity index (χ3v) is 5.65. The molecule has 8 heteroatoms. The first-order chi connectivity index (χ1) is 14.4. The monoisotopic (exact) mass is 412 g/mol. The molecule has 1 N–H and O–H groups in total. The number of hydrogen-bond donors (Lipinski definition) is 1. The third kappa shape index (κ3) is 5.14. The van der Waals surface area contributed by atoms with E-state index in [9.17, 15) is 14.9 Å². The molecule has 1 heterocycles. The number of nitrogens with zero attached hydrogens (tertiary/aromatic N) is 3. The second-order valence-electron chi connectivity index (χ2n) is 7.54. The van der Waals surface area contributed by atoms with Crippen LogP contribution in [0, 0.1) is 17.0 Å². The lowest BCUT2D eigenvalue weighted by Gasteiger charge is -2.37. The van der Waals surface area contributed by atoms with Crippen molar-refractivity contribution < 1.29 is 14.5 Å². The van der Waals surface area contributed by atoms with Gasteiger partial charge in [-0.25, -0.2) is 0 Å². The minimum Gasteiger partial charge on any atom is -0.496 e. The van der Waals surface area contributed by atoms with Gasteiger partial charge in [-0.1, -0.05) is 24.3 Å². The molecule has 0 aliphatic carbocycles. The van der Waals surface area contributed by atoms with E-state index in [1.54, 1.807) is 6.07 Å². The Morgan fingerprint density at radius 3 is 2.53 bits per heavy atom. The summed E-state index contributed by atoms with van der Waals surface area (Å²) in [5, 5.41) is 14.0. The van der Waals surface area contributed by atoms with Crippen molar-refractivity contribution in [2.75, 3.05) is 38.6 Å². The Morgan fingerprint density at radius 2 is 1.90 bits per heavy atom. The van der Waals surface area contributed by atoms with Crippen molar-refractivity contribution in [1.82, 2.24) is 9.80 Å². The molecule has 2 aromatic rings. The van der Waals surface area contributed by atoms with Crippen LogP contribution < -0.4 is 10.1 Å². The first kappa shape index (κ1) is 21.7. The van der Waals surface area contributed by atoms with E-state index in [1.807, 2.05) is 13.0 Å². The summed E-state index contributed by atoms with van der Waals surface area (Å²) >= 11 is 0. The lowest BCUT2D eigenvalue weighted by Crippen LogP contribution is -2.52. The summed E-state index contributed by atoms with van der Waals surface area (Å²) in [7, 11) is 1.44. The molecule has 8 nitrogen and oxygen atoms in total.